The van der Waals surface area contributed by atoms with Crippen LogP contribution in [0, 0.1) is 0 Å². The summed E-state index contributed by atoms with van der Waals surface area (Å²) in [4.78, 5) is 18.5. The van der Waals surface area contributed by atoms with Gasteiger partial charge in [0.1, 0.15) is 5.75 Å². The van der Waals surface area contributed by atoms with Crippen molar-refractivity contribution in [1.82, 2.24) is 9.88 Å². The van der Waals surface area contributed by atoms with Gasteiger partial charge in [0.25, 0.3) is 5.91 Å². The Morgan fingerprint density at radius 3 is 2.78 bits per heavy atom. The summed E-state index contributed by atoms with van der Waals surface area (Å²) < 4.78 is 29.0. The van der Waals surface area contributed by atoms with Crippen LogP contribution in [0.25, 0.3) is 0 Å². The van der Waals surface area contributed by atoms with Gasteiger partial charge in [-0.05, 0) is 48.7 Å². The number of alkyl halides is 2. The summed E-state index contributed by atoms with van der Waals surface area (Å²) in [6, 6.07) is 9.71. The Hall–Kier alpha value is -2.50. The molecule has 1 fully saturated rings. The van der Waals surface area contributed by atoms with Gasteiger partial charge in [-0.1, -0.05) is 6.07 Å². The minimum atomic E-state index is -2.91. The zero-order valence-electron chi connectivity index (χ0n) is 12.4. The fraction of sp³-hybridized carbons (Fsp3) is 0.294. The van der Waals surface area contributed by atoms with Gasteiger partial charge in [-0.2, -0.15) is 8.78 Å². The molecule has 1 aliphatic rings. The van der Waals surface area contributed by atoms with E-state index in [1.807, 2.05) is 12.1 Å². The van der Waals surface area contributed by atoms with Crippen molar-refractivity contribution >= 4 is 5.91 Å². The molecule has 0 radical (unpaired) electrons. The number of pyridine rings is 1. The van der Waals surface area contributed by atoms with Crippen molar-refractivity contribution in [2.45, 2.75) is 25.5 Å². The normalized spacial score (nSPS) is 17.5. The predicted octanol–water partition coefficient (Wildman–Crippen LogP) is 3.66. The largest absolute Gasteiger partial charge is 0.435 e. The average molecular weight is 318 g/mol. The van der Waals surface area contributed by atoms with E-state index in [1.165, 1.54) is 12.1 Å². The van der Waals surface area contributed by atoms with E-state index in [4.69, 9.17) is 0 Å². The van der Waals surface area contributed by atoms with Gasteiger partial charge in [0.15, 0.2) is 0 Å². The second-order valence-corrected chi connectivity index (χ2v) is 5.34. The van der Waals surface area contributed by atoms with Gasteiger partial charge in [-0.3, -0.25) is 9.78 Å². The van der Waals surface area contributed by atoms with Crippen LogP contribution in [0.2, 0.25) is 0 Å². The first-order valence-corrected chi connectivity index (χ1v) is 7.41. The molecular weight excluding hydrogens is 302 g/mol. The van der Waals surface area contributed by atoms with Gasteiger partial charge in [0.05, 0.1) is 6.04 Å². The summed E-state index contributed by atoms with van der Waals surface area (Å²) in [7, 11) is 0. The van der Waals surface area contributed by atoms with Crippen LogP contribution in [0.1, 0.15) is 34.8 Å². The summed E-state index contributed by atoms with van der Waals surface area (Å²) in [6.45, 7) is -2.26. The summed E-state index contributed by atoms with van der Waals surface area (Å²) in [5.41, 5.74) is 1.38. The SMILES string of the molecule is O=C(c1cccc(OC(F)F)c1)N1CCCC1c1ccncc1. The number of benzene rings is 1. The van der Waals surface area contributed by atoms with Crippen molar-refractivity contribution in [3.63, 3.8) is 0 Å². The summed E-state index contributed by atoms with van der Waals surface area (Å²) in [6.07, 6.45) is 5.19. The van der Waals surface area contributed by atoms with E-state index >= 15 is 0 Å². The minimum Gasteiger partial charge on any atom is -0.435 e. The van der Waals surface area contributed by atoms with Crippen molar-refractivity contribution < 1.29 is 18.3 Å². The minimum absolute atomic E-state index is 0.00879. The predicted molar refractivity (Wildman–Crippen MR) is 80.3 cm³/mol. The Bertz CT molecular complexity index is 679. The molecule has 0 bridgehead atoms. The first-order chi connectivity index (χ1) is 11.1. The monoisotopic (exact) mass is 318 g/mol. The molecule has 1 saturated heterocycles. The van der Waals surface area contributed by atoms with E-state index in [-0.39, 0.29) is 17.7 Å². The molecule has 4 nitrogen and oxygen atoms in total. The molecule has 1 aliphatic heterocycles. The zero-order valence-corrected chi connectivity index (χ0v) is 12.4. The number of hydrogen-bond acceptors (Lipinski definition) is 3. The molecule has 0 N–H and O–H groups in total. The summed E-state index contributed by atoms with van der Waals surface area (Å²) in [5, 5.41) is 0. The number of carbonyl (C=O) groups excluding carboxylic acids is 1. The van der Waals surface area contributed by atoms with Crippen LogP contribution in [-0.2, 0) is 0 Å². The Balaban J connectivity index is 1.82. The number of ether oxygens (including phenoxy) is 1. The maximum Gasteiger partial charge on any atom is 0.387 e. The lowest BCUT2D eigenvalue weighted by Gasteiger charge is -2.25. The Kier molecular flexibility index (Phi) is 4.50. The molecule has 2 aromatic rings. The van der Waals surface area contributed by atoms with Gasteiger partial charge < -0.3 is 9.64 Å². The van der Waals surface area contributed by atoms with Crippen molar-refractivity contribution in [2.75, 3.05) is 6.54 Å². The van der Waals surface area contributed by atoms with Crippen LogP contribution in [-0.4, -0.2) is 28.9 Å². The highest BCUT2D eigenvalue weighted by atomic mass is 19.3. The van der Waals surface area contributed by atoms with E-state index in [9.17, 15) is 13.6 Å². The molecule has 1 atom stereocenters. The fourth-order valence-electron chi connectivity index (χ4n) is 2.91. The van der Waals surface area contributed by atoms with Crippen molar-refractivity contribution in [3.05, 3.63) is 59.9 Å². The third-order valence-electron chi connectivity index (χ3n) is 3.91. The van der Waals surface area contributed by atoms with Crippen molar-refractivity contribution in [3.8, 4) is 5.75 Å². The van der Waals surface area contributed by atoms with Gasteiger partial charge in [0, 0.05) is 24.5 Å². The molecule has 23 heavy (non-hydrogen) atoms. The number of halogens is 2. The summed E-state index contributed by atoms with van der Waals surface area (Å²) >= 11 is 0. The highest BCUT2D eigenvalue weighted by molar-refractivity contribution is 5.95. The number of aromatic nitrogens is 1. The van der Waals surface area contributed by atoms with E-state index in [1.54, 1.807) is 29.4 Å². The van der Waals surface area contributed by atoms with Crippen LogP contribution in [0.3, 0.4) is 0 Å². The molecule has 1 aromatic heterocycles. The number of hydrogen-bond donors (Lipinski definition) is 0. The van der Waals surface area contributed by atoms with E-state index in [2.05, 4.69) is 9.72 Å². The molecule has 0 saturated carbocycles. The standard InChI is InChI=1S/C17H16F2N2O2/c18-17(19)23-14-4-1-3-13(11-14)16(22)21-10-2-5-15(21)12-6-8-20-9-7-12/h1,3-4,6-9,11,15,17H,2,5,10H2. The third-order valence-corrected chi connectivity index (χ3v) is 3.91. The molecule has 6 heteroatoms. The maximum absolute atomic E-state index is 12.7. The Morgan fingerprint density at radius 1 is 1.26 bits per heavy atom. The third kappa shape index (κ3) is 3.47. The fourth-order valence-corrected chi connectivity index (χ4v) is 2.91. The van der Waals surface area contributed by atoms with E-state index in [0.717, 1.165) is 18.4 Å². The van der Waals surface area contributed by atoms with E-state index < -0.39 is 6.61 Å². The molecule has 2 heterocycles. The van der Waals surface area contributed by atoms with Crippen molar-refractivity contribution in [2.24, 2.45) is 0 Å². The average Bonchev–Trinajstić information content (AvgIpc) is 3.04. The lowest BCUT2D eigenvalue weighted by Crippen LogP contribution is -2.30. The van der Waals surface area contributed by atoms with Gasteiger partial charge >= 0.3 is 6.61 Å². The summed E-state index contributed by atoms with van der Waals surface area (Å²) in [5.74, 6) is -0.186. The molecule has 1 amide bonds. The Morgan fingerprint density at radius 2 is 2.04 bits per heavy atom. The van der Waals surface area contributed by atoms with Gasteiger partial charge in [0.2, 0.25) is 0 Å². The molecule has 1 aromatic carbocycles. The molecule has 0 aliphatic carbocycles. The lowest BCUT2D eigenvalue weighted by molar-refractivity contribution is -0.0499. The number of likely N-dealkylation sites (tertiary alicyclic amines) is 1. The van der Waals surface area contributed by atoms with Crippen molar-refractivity contribution in [1.29, 1.82) is 0 Å². The first-order valence-electron chi connectivity index (χ1n) is 7.41. The van der Waals surface area contributed by atoms with Crippen LogP contribution in [0.4, 0.5) is 8.78 Å². The smallest absolute Gasteiger partial charge is 0.387 e. The van der Waals surface area contributed by atoms with Crippen LogP contribution >= 0.6 is 0 Å². The van der Waals surface area contributed by atoms with Crippen LogP contribution in [0.5, 0.6) is 5.75 Å². The highest BCUT2D eigenvalue weighted by Gasteiger charge is 2.30. The second kappa shape index (κ2) is 6.73. The molecule has 1 unspecified atom stereocenters. The first kappa shape index (κ1) is 15.4. The number of carbonyl (C=O) groups is 1. The van der Waals surface area contributed by atoms with Gasteiger partial charge in [-0.15, -0.1) is 0 Å². The molecular formula is C17H16F2N2O2. The maximum atomic E-state index is 12.7. The molecule has 3 rings (SSSR count). The van der Waals surface area contributed by atoms with E-state index in [0.29, 0.717) is 12.1 Å². The number of rotatable bonds is 4. The number of amides is 1. The van der Waals surface area contributed by atoms with Crippen LogP contribution < -0.4 is 4.74 Å². The zero-order chi connectivity index (χ0) is 16.2. The van der Waals surface area contributed by atoms with Crippen LogP contribution in [0.15, 0.2) is 48.8 Å². The number of nitrogens with zero attached hydrogens (tertiary/aromatic N) is 2. The Labute approximate surface area is 132 Å². The topological polar surface area (TPSA) is 42.4 Å². The highest BCUT2D eigenvalue weighted by Crippen LogP contribution is 2.33. The quantitative estimate of drug-likeness (QED) is 0.864. The lowest BCUT2D eigenvalue weighted by atomic mass is 10.1. The van der Waals surface area contributed by atoms with Gasteiger partial charge in [-0.25, -0.2) is 0 Å². The molecule has 0 spiro atoms. The molecule has 120 valence electrons. The second-order valence-electron chi connectivity index (χ2n) is 5.34.